The monoisotopic (exact) mass is 460 g/mol. The minimum atomic E-state index is -0.131. The first-order valence-electron chi connectivity index (χ1n) is 11.9. The molecule has 3 aromatic rings. The van der Waals surface area contributed by atoms with Crippen LogP contribution >= 0.6 is 11.3 Å². The van der Waals surface area contributed by atoms with Gasteiger partial charge in [-0.3, -0.25) is 9.59 Å². The molecule has 4 rings (SSSR count). The average Bonchev–Trinajstić information content (AvgIpc) is 3.41. The lowest BCUT2D eigenvalue weighted by molar-refractivity contribution is -0.135. The van der Waals surface area contributed by atoms with Crippen LogP contribution in [0.5, 0.6) is 0 Å². The second-order valence-electron chi connectivity index (χ2n) is 8.69. The van der Waals surface area contributed by atoms with Gasteiger partial charge >= 0.3 is 0 Å². The second kappa shape index (κ2) is 11.3. The molecule has 1 aliphatic heterocycles. The van der Waals surface area contributed by atoms with E-state index in [2.05, 4.69) is 60.1 Å². The maximum Gasteiger partial charge on any atom is 0.224 e. The predicted octanol–water partition coefficient (Wildman–Crippen LogP) is 5.39. The highest BCUT2D eigenvalue weighted by molar-refractivity contribution is 7.10. The number of benzene rings is 2. The molecule has 1 unspecified atom stereocenters. The smallest absolute Gasteiger partial charge is 0.224 e. The van der Waals surface area contributed by atoms with Gasteiger partial charge in [-0.25, -0.2) is 0 Å². The Morgan fingerprint density at radius 1 is 0.970 bits per heavy atom. The molecule has 0 aliphatic carbocycles. The first kappa shape index (κ1) is 23.2. The largest absolute Gasteiger partial charge is 0.344 e. The third-order valence-electron chi connectivity index (χ3n) is 6.52. The number of nitrogens with zero attached hydrogens (tertiary/aromatic N) is 1. The zero-order valence-corrected chi connectivity index (χ0v) is 20.0. The van der Waals surface area contributed by atoms with Crippen LogP contribution in [0.25, 0.3) is 0 Å². The number of carbonyl (C=O) groups is 2. The Morgan fingerprint density at radius 3 is 2.33 bits per heavy atom. The van der Waals surface area contributed by atoms with Crippen LogP contribution in [0.1, 0.15) is 53.8 Å². The first-order valence-corrected chi connectivity index (χ1v) is 12.8. The fourth-order valence-corrected chi connectivity index (χ4v) is 5.23. The van der Waals surface area contributed by atoms with Gasteiger partial charge in [-0.1, -0.05) is 67.6 Å². The lowest BCUT2D eigenvalue weighted by atomic mass is 9.94. The molecule has 172 valence electrons. The van der Waals surface area contributed by atoms with Crippen molar-refractivity contribution >= 4 is 23.2 Å². The van der Waals surface area contributed by atoms with Crippen LogP contribution in [0.2, 0.25) is 0 Å². The quantitative estimate of drug-likeness (QED) is 0.490. The van der Waals surface area contributed by atoms with Crippen molar-refractivity contribution in [2.24, 2.45) is 5.92 Å². The van der Waals surface area contributed by atoms with Crippen molar-refractivity contribution in [3.05, 3.63) is 93.7 Å². The van der Waals surface area contributed by atoms with Gasteiger partial charge in [0.2, 0.25) is 11.8 Å². The number of nitrogens with one attached hydrogen (secondary N) is 1. The van der Waals surface area contributed by atoms with Crippen LogP contribution in [0.3, 0.4) is 0 Å². The number of hydrogen-bond donors (Lipinski definition) is 1. The van der Waals surface area contributed by atoms with Gasteiger partial charge in [0.05, 0.1) is 6.04 Å². The summed E-state index contributed by atoms with van der Waals surface area (Å²) in [6.07, 6.45) is 3.72. The molecule has 5 heteroatoms. The zero-order valence-electron chi connectivity index (χ0n) is 19.2. The topological polar surface area (TPSA) is 49.4 Å². The molecule has 2 heterocycles. The zero-order chi connectivity index (χ0) is 23.0. The van der Waals surface area contributed by atoms with Crippen molar-refractivity contribution < 1.29 is 9.59 Å². The number of carbonyl (C=O) groups excluding carboxylic acids is 2. The molecule has 1 fully saturated rings. The number of hydrogen-bond acceptors (Lipinski definition) is 3. The summed E-state index contributed by atoms with van der Waals surface area (Å²) in [6.45, 7) is 3.45. The first-order chi connectivity index (χ1) is 16.1. The van der Waals surface area contributed by atoms with Gasteiger partial charge < -0.3 is 10.2 Å². The normalized spacial score (nSPS) is 15.2. The van der Waals surface area contributed by atoms with E-state index >= 15 is 0 Å². The lowest BCUT2D eigenvalue weighted by Crippen LogP contribution is -2.43. The number of thiophene rings is 1. The molecule has 2 aromatic carbocycles. The summed E-state index contributed by atoms with van der Waals surface area (Å²) in [7, 11) is 0. The SMILES string of the molecule is CCc1ccc(C(NC(=O)C2CCN(C(=O)CCc3ccccc3)CC2)c2cccs2)cc1. The Morgan fingerprint density at radius 2 is 1.70 bits per heavy atom. The molecule has 0 bridgehead atoms. The molecule has 1 aliphatic rings. The van der Waals surface area contributed by atoms with E-state index in [1.54, 1.807) is 11.3 Å². The Balaban J connectivity index is 1.32. The maximum atomic E-state index is 13.2. The highest BCUT2D eigenvalue weighted by atomic mass is 32.1. The van der Waals surface area contributed by atoms with Gasteiger partial charge in [0.25, 0.3) is 0 Å². The Labute approximate surface area is 200 Å². The molecular weight excluding hydrogens is 428 g/mol. The van der Waals surface area contributed by atoms with Crippen molar-refractivity contribution in [2.45, 2.75) is 45.1 Å². The van der Waals surface area contributed by atoms with E-state index in [1.165, 1.54) is 11.1 Å². The summed E-state index contributed by atoms with van der Waals surface area (Å²) >= 11 is 1.66. The average molecular weight is 461 g/mol. The third-order valence-corrected chi connectivity index (χ3v) is 7.46. The molecule has 1 aromatic heterocycles. The predicted molar refractivity (Wildman–Crippen MR) is 134 cm³/mol. The molecular formula is C28H32N2O2S. The van der Waals surface area contributed by atoms with Crippen LogP contribution in [-0.2, 0) is 22.4 Å². The molecule has 0 radical (unpaired) electrons. The van der Waals surface area contributed by atoms with Gasteiger partial charge in [0, 0.05) is 30.3 Å². The van der Waals surface area contributed by atoms with E-state index in [4.69, 9.17) is 0 Å². The van der Waals surface area contributed by atoms with Crippen molar-refractivity contribution in [3.8, 4) is 0 Å². The second-order valence-corrected chi connectivity index (χ2v) is 9.67. The number of rotatable bonds is 8. The van der Waals surface area contributed by atoms with Crippen molar-refractivity contribution in [3.63, 3.8) is 0 Å². The highest BCUT2D eigenvalue weighted by Crippen LogP contribution is 2.28. The molecule has 0 spiro atoms. The molecule has 2 amide bonds. The Kier molecular flexibility index (Phi) is 7.95. The molecule has 33 heavy (non-hydrogen) atoms. The van der Waals surface area contributed by atoms with E-state index in [9.17, 15) is 9.59 Å². The van der Waals surface area contributed by atoms with Gasteiger partial charge in [0.1, 0.15) is 0 Å². The standard InChI is InChI=1S/C28H32N2O2S/c1-2-21-10-13-23(14-11-21)27(25-9-6-20-33-25)29-28(32)24-16-18-30(19-17-24)26(31)15-12-22-7-4-3-5-8-22/h3-11,13-14,20,24,27H,2,12,15-19H2,1H3,(H,29,32). The van der Waals surface area contributed by atoms with E-state index in [1.807, 2.05) is 29.2 Å². The molecule has 0 saturated carbocycles. The fraction of sp³-hybridized carbons (Fsp3) is 0.357. The minimum absolute atomic E-state index is 0.0550. The summed E-state index contributed by atoms with van der Waals surface area (Å²) in [4.78, 5) is 28.9. The molecule has 1 N–H and O–H groups in total. The van der Waals surface area contributed by atoms with Crippen LogP contribution < -0.4 is 5.32 Å². The minimum Gasteiger partial charge on any atom is -0.344 e. The molecule has 1 atom stereocenters. The summed E-state index contributed by atoms with van der Waals surface area (Å²) in [5.41, 5.74) is 3.59. The van der Waals surface area contributed by atoms with E-state index in [0.29, 0.717) is 19.5 Å². The Bertz CT molecular complexity index is 1020. The van der Waals surface area contributed by atoms with Crippen LogP contribution in [0.4, 0.5) is 0 Å². The van der Waals surface area contributed by atoms with Crippen molar-refractivity contribution in [2.75, 3.05) is 13.1 Å². The van der Waals surface area contributed by atoms with Crippen molar-refractivity contribution in [1.29, 1.82) is 0 Å². The van der Waals surface area contributed by atoms with Crippen LogP contribution in [0, 0.1) is 5.92 Å². The number of piperidine rings is 1. The van der Waals surface area contributed by atoms with Gasteiger partial charge in [-0.05, 0) is 53.8 Å². The molecule has 1 saturated heterocycles. The van der Waals surface area contributed by atoms with E-state index < -0.39 is 0 Å². The van der Waals surface area contributed by atoms with Crippen LogP contribution in [0.15, 0.2) is 72.1 Å². The maximum absolute atomic E-state index is 13.2. The summed E-state index contributed by atoms with van der Waals surface area (Å²) in [5.74, 6) is 0.218. The van der Waals surface area contributed by atoms with E-state index in [0.717, 1.165) is 36.1 Å². The number of aryl methyl sites for hydroxylation is 2. The van der Waals surface area contributed by atoms with E-state index in [-0.39, 0.29) is 23.8 Å². The van der Waals surface area contributed by atoms with Gasteiger partial charge in [0.15, 0.2) is 0 Å². The summed E-state index contributed by atoms with van der Waals surface area (Å²) in [5, 5.41) is 5.35. The Hall–Kier alpha value is -2.92. The number of amides is 2. The number of likely N-dealkylation sites (tertiary alicyclic amines) is 1. The van der Waals surface area contributed by atoms with Gasteiger partial charge in [-0.2, -0.15) is 0 Å². The van der Waals surface area contributed by atoms with Gasteiger partial charge in [-0.15, -0.1) is 11.3 Å². The van der Waals surface area contributed by atoms with Crippen molar-refractivity contribution in [1.82, 2.24) is 10.2 Å². The lowest BCUT2D eigenvalue weighted by Gasteiger charge is -2.32. The summed E-state index contributed by atoms with van der Waals surface area (Å²) < 4.78 is 0. The summed E-state index contributed by atoms with van der Waals surface area (Å²) in [6, 6.07) is 22.6. The molecule has 4 nitrogen and oxygen atoms in total. The highest BCUT2D eigenvalue weighted by Gasteiger charge is 2.29. The third kappa shape index (κ3) is 6.11. The van der Waals surface area contributed by atoms with Crippen LogP contribution in [-0.4, -0.2) is 29.8 Å². The fourth-order valence-electron chi connectivity index (χ4n) is 4.43.